The van der Waals surface area contributed by atoms with Crippen molar-refractivity contribution in [3.63, 3.8) is 0 Å². The van der Waals surface area contributed by atoms with E-state index < -0.39 is 5.96 Å². The first-order chi connectivity index (χ1) is 21.3. The number of rotatable bonds is 9. The molecule has 230 valence electrons. The molecule has 9 heteroatoms. The van der Waals surface area contributed by atoms with E-state index in [4.69, 9.17) is 25.5 Å². The Morgan fingerprint density at radius 3 is 1.82 bits per heavy atom. The van der Waals surface area contributed by atoms with E-state index >= 15 is 0 Å². The zero-order valence-electron chi connectivity index (χ0n) is 24.8. The maximum atomic E-state index is 13.7. The van der Waals surface area contributed by atoms with Crippen molar-refractivity contribution < 1.29 is 23.8 Å². The van der Waals surface area contributed by atoms with Crippen LogP contribution in [0.4, 0.5) is 4.79 Å². The Kier molecular flexibility index (Phi) is 9.99. The molecule has 0 aromatic heterocycles. The Labute approximate surface area is 272 Å². The van der Waals surface area contributed by atoms with Gasteiger partial charge < -0.3 is 0 Å². The first kappa shape index (κ1) is 32.0. The van der Waals surface area contributed by atoms with Crippen LogP contribution in [-0.2, 0) is 15.7 Å². The van der Waals surface area contributed by atoms with Crippen LogP contribution < -0.4 is 25.4 Å². The maximum absolute atomic E-state index is 13.7. The number of amides is 1. The summed E-state index contributed by atoms with van der Waals surface area (Å²) in [6.07, 6.45) is 1.00. The average molecular weight is 697 g/mol. The molecular formula is C35H36BrClNO5P. The SMILES string of the molecule is CCOC(=O)N1CCC(C(=O)Oc2c(Br)cc(OC)cc2CP(Cl)(c2ccccc2)(c2ccccc2)c2ccccc2)CC1. The van der Waals surface area contributed by atoms with Crippen LogP contribution in [0.25, 0.3) is 0 Å². The van der Waals surface area contributed by atoms with Crippen molar-refractivity contribution in [1.82, 2.24) is 4.90 Å². The van der Waals surface area contributed by atoms with Gasteiger partial charge in [0.25, 0.3) is 0 Å². The molecule has 0 spiro atoms. The van der Waals surface area contributed by atoms with Crippen LogP contribution in [0.15, 0.2) is 108 Å². The number of benzene rings is 4. The van der Waals surface area contributed by atoms with Gasteiger partial charge in [-0.1, -0.05) is 0 Å². The predicted molar refractivity (Wildman–Crippen MR) is 182 cm³/mol. The Balaban J connectivity index is 1.60. The van der Waals surface area contributed by atoms with Crippen LogP contribution >= 0.6 is 33.1 Å². The Hall–Kier alpha value is -3.38. The third kappa shape index (κ3) is 6.24. The number of methoxy groups -OCH3 is 1. The molecule has 0 atom stereocenters. The van der Waals surface area contributed by atoms with Crippen LogP contribution in [0.3, 0.4) is 0 Å². The van der Waals surface area contributed by atoms with Gasteiger partial charge >= 0.3 is 266 Å². The normalized spacial score (nSPS) is 14.7. The molecule has 1 aliphatic heterocycles. The van der Waals surface area contributed by atoms with Crippen molar-refractivity contribution >= 4 is 61.1 Å². The zero-order valence-corrected chi connectivity index (χ0v) is 28.1. The van der Waals surface area contributed by atoms with E-state index in [0.29, 0.717) is 54.7 Å². The van der Waals surface area contributed by atoms with E-state index in [2.05, 4.69) is 52.3 Å². The van der Waals surface area contributed by atoms with Crippen molar-refractivity contribution in [2.45, 2.75) is 25.9 Å². The van der Waals surface area contributed by atoms with Gasteiger partial charge in [0.1, 0.15) is 0 Å². The van der Waals surface area contributed by atoms with Gasteiger partial charge in [0, 0.05) is 0 Å². The molecular weight excluding hydrogens is 661 g/mol. The minimum atomic E-state index is -3.76. The van der Waals surface area contributed by atoms with Gasteiger partial charge in [0.15, 0.2) is 0 Å². The van der Waals surface area contributed by atoms with Gasteiger partial charge in [0.2, 0.25) is 0 Å². The van der Waals surface area contributed by atoms with Crippen molar-refractivity contribution in [1.29, 1.82) is 0 Å². The van der Waals surface area contributed by atoms with Crippen molar-refractivity contribution in [2.75, 3.05) is 26.8 Å². The summed E-state index contributed by atoms with van der Waals surface area (Å²) in [7, 11) is 1.61. The van der Waals surface area contributed by atoms with E-state index in [1.54, 1.807) is 25.0 Å². The van der Waals surface area contributed by atoms with Crippen LogP contribution in [0.2, 0.25) is 0 Å². The Morgan fingerprint density at radius 2 is 1.36 bits per heavy atom. The first-order valence-corrected chi connectivity index (χ1v) is 18.8. The standard InChI is InChI=1S/C35H36BrClNO5P/c1-3-42-35(40)38-21-19-26(20-22-38)34(39)43-33-27(23-28(41-2)24-32(33)36)25-44(37,29-13-7-4-8-14-29,30-15-9-5-10-16-30)31-17-11-6-12-18-31/h4-18,23-24,26H,3,19-22,25H2,1-2H3. The summed E-state index contributed by atoms with van der Waals surface area (Å²) in [4.78, 5) is 27.5. The molecule has 0 N–H and O–H groups in total. The average Bonchev–Trinajstić information content (AvgIpc) is 3.07. The molecule has 0 aliphatic carbocycles. The van der Waals surface area contributed by atoms with Gasteiger partial charge in [-0.15, -0.1) is 0 Å². The molecule has 1 aliphatic rings. The summed E-state index contributed by atoms with van der Waals surface area (Å²) in [6.45, 7) is 2.96. The molecule has 0 saturated carbocycles. The van der Waals surface area contributed by atoms with E-state index in [-0.39, 0.29) is 18.0 Å². The predicted octanol–water partition coefficient (Wildman–Crippen LogP) is 7.42. The molecule has 1 heterocycles. The van der Waals surface area contributed by atoms with Gasteiger partial charge in [-0.25, -0.2) is 0 Å². The van der Waals surface area contributed by atoms with Crippen molar-refractivity contribution in [3.05, 3.63) is 113 Å². The van der Waals surface area contributed by atoms with E-state index in [1.165, 1.54) is 0 Å². The number of esters is 1. The topological polar surface area (TPSA) is 65.1 Å². The molecule has 4 aromatic rings. The quantitative estimate of drug-likeness (QED) is 0.104. The molecule has 5 rings (SSSR count). The Morgan fingerprint density at radius 1 is 0.864 bits per heavy atom. The summed E-state index contributed by atoms with van der Waals surface area (Å²) in [5.74, 6) is -3.42. The van der Waals surface area contributed by atoms with Crippen LogP contribution in [0.1, 0.15) is 25.3 Å². The number of hydrogen-bond acceptors (Lipinski definition) is 5. The van der Waals surface area contributed by atoms with Crippen molar-refractivity contribution in [3.8, 4) is 11.5 Å². The molecule has 4 aromatic carbocycles. The van der Waals surface area contributed by atoms with Gasteiger partial charge in [-0.2, -0.15) is 0 Å². The second-order valence-electron chi connectivity index (χ2n) is 10.8. The summed E-state index contributed by atoms with van der Waals surface area (Å²) in [6, 6.07) is 34.2. The zero-order chi connectivity index (χ0) is 31.2. The molecule has 0 radical (unpaired) electrons. The van der Waals surface area contributed by atoms with E-state index in [9.17, 15) is 9.59 Å². The third-order valence-electron chi connectivity index (χ3n) is 8.24. The van der Waals surface area contributed by atoms with Crippen LogP contribution in [0.5, 0.6) is 11.5 Å². The third-order valence-corrected chi connectivity index (χ3v) is 16.0. The molecule has 44 heavy (non-hydrogen) atoms. The number of carbonyl (C=O) groups is 2. The van der Waals surface area contributed by atoms with Crippen LogP contribution in [-0.4, -0.2) is 43.8 Å². The number of nitrogens with zero attached hydrogens (tertiary/aromatic N) is 1. The van der Waals surface area contributed by atoms with Gasteiger partial charge in [-0.05, 0) is 6.92 Å². The molecule has 0 unspecified atom stereocenters. The number of piperidine rings is 1. The molecule has 1 amide bonds. The summed E-state index contributed by atoms with van der Waals surface area (Å²) in [5.41, 5.74) is 0.748. The summed E-state index contributed by atoms with van der Waals surface area (Å²) in [5, 5.41) is 3.00. The van der Waals surface area contributed by atoms with E-state index in [1.807, 2.05) is 60.7 Å². The number of hydrogen-bond donors (Lipinski definition) is 0. The molecule has 6 nitrogen and oxygen atoms in total. The fraction of sp³-hybridized carbons (Fsp3) is 0.257. The minimum absolute atomic E-state index is 0.315. The Bertz CT molecular complexity index is 1500. The summed E-state index contributed by atoms with van der Waals surface area (Å²) >= 11 is 12.0. The fourth-order valence-corrected chi connectivity index (χ4v) is 12.6. The number of likely N-dealkylation sites (tertiary alicyclic amines) is 1. The van der Waals surface area contributed by atoms with Crippen molar-refractivity contribution in [2.24, 2.45) is 5.92 Å². The van der Waals surface area contributed by atoms with Crippen LogP contribution in [0, 0.1) is 5.92 Å². The van der Waals surface area contributed by atoms with Gasteiger partial charge in [-0.3, -0.25) is 0 Å². The fourth-order valence-electron chi connectivity index (χ4n) is 5.93. The molecule has 1 saturated heterocycles. The van der Waals surface area contributed by atoms with Gasteiger partial charge in [0.05, 0.1) is 0 Å². The molecule has 1 fully saturated rings. The first-order valence-electron chi connectivity index (χ1n) is 14.7. The number of ether oxygens (including phenoxy) is 3. The summed E-state index contributed by atoms with van der Waals surface area (Å²) < 4.78 is 17.7. The number of carbonyl (C=O) groups excluding carboxylic acids is 2. The van der Waals surface area contributed by atoms with E-state index in [0.717, 1.165) is 21.5 Å². The second kappa shape index (κ2) is 13.7. The molecule has 0 bridgehead atoms. The second-order valence-corrected chi connectivity index (χ2v) is 18.2. The monoisotopic (exact) mass is 695 g/mol. The number of halogens is 2.